The number of amides is 2. The van der Waals surface area contributed by atoms with Crippen LogP contribution in [0.2, 0.25) is 5.02 Å². The number of benzene rings is 2. The summed E-state index contributed by atoms with van der Waals surface area (Å²) in [6, 6.07) is 15.8. The minimum Gasteiger partial charge on any atom is -0.454 e. The van der Waals surface area contributed by atoms with Crippen LogP contribution in [0.3, 0.4) is 0 Å². The summed E-state index contributed by atoms with van der Waals surface area (Å²) in [4.78, 5) is 29.3. The number of anilines is 1. The van der Waals surface area contributed by atoms with Crippen molar-refractivity contribution in [3.8, 4) is 11.5 Å². The first kappa shape index (κ1) is 21.0. The minimum atomic E-state index is -0.272. The van der Waals surface area contributed by atoms with E-state index in [2.05, 4.69) is 15.6 Å². The van der Waals surface area contributed by atoms with Crippen LogP contribution < -0.4 is 20.1 Å². The molecule has 2 amide bonds. The number of fused-ring (bicyclic) bond motifs is 1. The molecule has 1 aromatic heterocycles. The van der Waals surface area contributed by atoms with Gasteiger partial charge in [-0.2, -0.15) is 0 Å². The molecular weight excluding hydrogens is 438 g/mol. The fourth-order valence-electron chi connectivity index (χ4n) is 2.91. The van der Waals surface area contributed by atoms with Gasteiger partial charge in [-0.05, 0) is 42.0 Å². The van der Waals surface area contributed by atoms with Gasteiger partial charge in [-0.3, -0.25) is 9.59 Å². The molecule has 0 atom stereocenters. The fourth-order valence-corrected chi connectivity index (χ4v) is 3.91. The average Bonchev–Trinajstić information content (AvgIpc) is 3.24. The van der Waals surface area contributed by atoms with Gasteiger partial charge in [0.2, 0.25) is 12.7 Å². The molecule has 2 heterocycles. The molecule has 158 valence electrons. The van der Waals surface area contributed by atoms with Gasteiger partial charge in [0, 0.05) is 29.5 Å². The first-order valence-electron chi connectivity index (χ1n) is 9.38. The Balaban J connectivity index is 1.34. The molecule has 1 aliphatic rings. The number of thioether (sulfide) groups is 1. The number of carbonyl (C=O) groups excluding carboxylic acids is 2. The van der Waals surface area contributed by atoms with Gasteiger partial charge in [0.25, 0.3) is 5.91 Å². The number of pyridine rings is 1. The van der Waals surface area contributed by atoms with Gasteiger partial charge in [-0.25, -0.2) is 4.98 Å². The number of ether oxygens (including phenoxy) is 2. The maximum absolute atomic E-state index is 12.6. The van der Waals surface area contributed by atoms with Crippen molar-refractivity contribution in [2.75, 3.05) is 17.9 Å². The van der Waals surface area contributed by atoms with Crippen molar-refractivity contribution in [3.63, 3.8) is 0 Å². The molecule has 31 heavy (non-hydrogen) atoms. The fraction of sp³-hybridized carbons (Fsp3) is 0.136. The van der Waals surface area contributed by atoms with Crippen LogP contribution in [-0.2, 0) is 11.3 Å². The SMILES string of the molecule is O=C(CSc1ncccc1C(=O)NCc1cccc(Cl)c1)Nc1ccc2c(c1)OCO2. The largest absolute Gasteiger partial charge is 0.454 e. The molecule has 0 radical (unpaired) electrons. The predicted molar refractivity (Wildman–Crippen MR) is 119 cm³/mol. The third-order valence-corrected chi connectivity index (χ3v) is 5.59. The Morgan fingerprint density at radius 1 is 1.06 bits per heavy atom. The lowest BCUT2D eigenvalue weighted by Gasteiger charge is -2.10. The average molecular weight is 456 g/mol. The first-order valence-corrected chi connectivity index (χ1v) is 10.7. The number of nitrogens with zero attached hydrogens (tertiary/aromatic N) is 1. The quantitative estimate of drug-likeness (QED) is 0.521. The van der Waals surface area contributed by atoms with E-state index in [0.717, 1.165) is 5.56 Å². The van der Waals surface area contributed by atoms with Crippen molar-refractivity contribution in [1.82, 2.24) is 10.3 Å². The molecule has 0 saturated heterocycles. The number of aromatic nitrogens is 1. The van der Waals surface area contributed by atoms with Gasteiger partial charge < -0.3 is 20.1 Å². The molecule has 9 heteroatoms. The Bertz CT molecular complexity index is 1130. The summed E-state index contributed by atoms with van der Waals surface area (Å²) < 4.78 is 10.6. The molecule has 0 spiro atoms. The number of nitrogens with one attached hydrogen (secondary N) is 2. The summed E-state index contributed by atoms with van der Waals surface area (Å²) in [5.74, 6) is 0.842. The molecule has 2 aromatic carbocycles. The maximum atomic E-state index is 12.6. The standard InChI is InChI=1S/C22H18ClN3O4S/c23-15-4-1-3-14(9-15)11-25-21(28)17-5-2-8-24-22(17)31-12-20(27)26-16-6-7-18-19(10-16)30-13-29-18/h1-10H,11-13H2,(H,25,28)(H,26,27). The molecule has 2 N–H and O–H groups in total. The van der Waals surface area contributed by atoms with E-state index in [1.807, 2.05) is 12.1 Å². The predicted octanol–water partition coefficient (Wildman–Crippen LogP) is 4.12. The summed E-state index contributed by atoms with van der Waals surface area (Å²) in [6.45, 7) is 0.507. The number of hydrogen-bond acceptors (Lipinski definition) is 6. The van der Waals surface area contributed by atoms with E-state index in [-0.39, 0.29) is 24.4 Å². The Labute approximate surface area is 188 Å². The van der Waals surface area contributed by atoms with E-state index in [9.17, 15) is 9.59 Å². The van der Waals surface area contributed by atoms with Crippen LogP contribution in [0, 0.1) is 0 Å². The van der Waals surface area contributed by atoms with Gasteiger partial charge >= 0.3 is 0 Å². The second kappa shape index (κ2) is 9.72. The number of hydrogen-bond donors (Lipinski definition) is 2. The van der Waals surface area contributed by atoms with Gasteiger partial charge in [-0.15, -0.1) is 0 Å². The highest BCUT2D eigenvalue weighted by Gasteiger charge is 2.16. The van der Waals surface area contributed by atoms with Crippen LogP contribution in [0.25, 0.3) is 0 Å². The zero-order chi connectivity index (χ0) is 21.6. The third-order valence-electron chi connectivity index (χ3n) is 4.35. The lowest BCUT2D eigenvalue weighted by atomic mass is 10.2. The van der Waals surface area contributed by atoms with Gasteiger partial charge in [0.15, 0.2) is 11.5 Å². The van der Waals surface area contributed by atoms with Crippen LogP contribution in [0.1, 0.15) is 15.9 Å². The molecule has 0 fully saturated rings. The van der Waals surface area contributed by atoms with Crippen molar-refractivity contribution in [2.45, 2.75) is 11.6 Å². The number of carbonyl (C=O) groups is 2. The second-order valence-electron chi connectivity index (χ2n) is 6.57. The molecule has 0 aliphatic carbocycles. The Kier molecular flexibility index (Phi) is 6.59. The summed E-state index contributed by atoms with van der Waals surface area (Å²) in [6.07, 6.45) is 1.59. The zero-order valence-corrected chi connectivity index (χ0v) is 17.8. The van der Waals surface area contributed by atoms with E-state index in [1.54, 1.807) is 48.7 Å². The van der Waals surface area contributed by atoms with Crippen LogP contribution in [0.4, 0.5) is 5.69 Å². The maximum Gasteiger partial charge on any atom is 0.254 e. The van der Waals surface area contributed by atoms with E-state index >= 15 is 0 Å². The van der Waals surface area contributed by atoms with Crippen LogP contribution >= 0.6 is 23.4 Å². The van der Waals surface area contributed by atoms with Crippen molar-refractivity contribution >= 4 is 40.9 Å². The second-order valence-corrected chi connectivity index (χ2v) is 7.97. The normalized spacial score (nSPS) is 11.8. The molecule has 4 rings (SSSR count). The Hall–Kier alpha value is -3.23. The summed E-state index contributed by atoms with van der Waals surface area (Å²) >= 11 is 7.17. The van der Waals surface area contributed by atoms with Gasteiger partial charge in [-0.1, -0.05) is 35.5 Å². The molecule has 0 unspecified atom stereocenters. The summed E-state index contributed by atoms with van der Waals surface area (Å²) in [5, 5.41) is 6.75. The zero-order valence-electron chi connectivity index (χ0n) is 16.3. The van der Waals surface area contributed by atoms with Crippen molar-refractivity contribution in [1.29, 1.82) is 0 Å². The monoisotopic (exact) mass is 455 g/mol. The molecular formula is C22H18ClN3O4S. The lowest BCUT2D eigenvalue weighted by Crippen LogP contribution is -2.24. The van der Waals surface area contributed by atoms with Crippen LogP contribution in [0.15, 0.2) is 65.8 Å². The van der Waals surface area contributed by atoms with Crippen molar-refractivity contribution in [3.05, 3.63) is 76.9 Å². The number of rotatable bonds is 7. The van der Waals surface area contributed by atoms with Crippen molar-refractivity contribution < 1.29 is 19.1 Å². The highest BCUT2D eigenvalue weighted by Crippen LogP contribution is 2.34. The molecule has 0 saturated carbocycles. The van der Waals surface area contributed by atoms with E-state index < -0.39 is 0 Å². The van der Waals surface area contributed by atoms with Crippen molar-refractivity contribution in [2.24, 2.45) is 0 Å². The van der Waals surface area contributed by atoms with E-state index in [4.69, 9.17) is 21.1 Å². The topological polar surface area (TPSA) is 89.6 Å². The molecule has 0 bridgehead atoms. The van der Waals surface area contributed by atoms with E-state index in [0.29, 0.717) is 39.3 Å². The van der Waals surface area contributed by atoms with Gasteiger partial charge in [0.05, 0.1) is 11.3 Å². The Morgan fingerprint density at radius 2 is 1.94 bits per heavy atom. The summed E-state index contributed by atoms with van der Waals surface area (Å²) in [5.41, 5.74) is 1.91. The van der Waals surface area contributed by atoms with Gasteiger partial charge in [0.1, 0.15) is 5.03 Å². The van der Waals surface area contributed by atoms with Crippen LogP contribution in [-0.4, -0.2) is 29.3 Å². The third kappa shape index (κ3) is 5.48. The molecule has 1 aliphatic heterocycles. The minimum absolute atomic E-state index is 0.0973. The smallest absolute Gasteiger partial charge is 0.254 e. The summed E-state index contributed by atoms with van der Waals surface area (Å²) in [7, 11) is 0. The Morgan fingerprint density at radius 3 is 2.81 bits per heavy atom. The van der Waals surface area contributed by atoms with E-state index in [1.165, 1.54) is 11.8 Å². The highest BCUT2D eigenvalue weighted by molar-refractivity contribution is 8.00. The van der Waals surface area contributed by atoms with Crippen LogP contribution in [0.5, 0.6) is 11.5 Å². The lowest BCUT2D eigenvalue weighted by molar-refractivity contribution is -0.113. The molecule has 3 aromatic rings. The highest BCUT2D eigenvalue weighted by atomic mass is 35.5. The number of halogens is 1. The first-order chi connectivity index (χ1) is 15.1. The molecule has 7 nitrogen and oxygen atoms in total.